The molecule has 0 aliphatic heterocycles. The van der Waals surface area contributed by atoms with Crippen molar-refractivity contribution >= 4 is 55.5 Å². The van der Waals surface area contributed by atoms with E-state index in [-0.39, 0.29) is 5.91 Å². The summed E-state index contributed by atoms with van der Waals surface area (Å²) in [6.07, 6.45) is 1.71. The molecule has 0 saturated carbocycles. The van der Waals surface area contributed by atoms with Crippen molar-refractivity contribution in [2.45, 2.75) is 13.5 Å². The van der Waals surface area contributed by atoms with Crippen LogP contribution >= 0.6 is 34.3 Å². The summed E-state index contributed by atoms with van der Waals surface area (Å²) in [5, 5.41) is 0.615. The highest BCUT2D eigenvalue weighted by atomic mass is 35.5. The van der Waals surface area contributed by atoms with Crippen LogP contribution in [0.5, 0.6) is 5.75 Å². The number of amides is 1. The zero-order valence-corrected chi connectivity index (χ0v) is 17.4. The molecule has 0 saturated heterocycles. The molecule has 0 unspecified atom stereocenters. The molecule has 142 valence electrons. The van der Waals surface area contributed by atoms with Crippen molar-refractivity contribution in [2.24, 2.45) is 0 Å². The van der Waals surface area contributed by atoms with Gasteiger partial charge < -0.3 is 4.74 Å². The lowest BCUT2D eigenvalue weighted by molar-refractivity contribution is 0.0988. The van der Waals surface area contributed by atoms with Gasteiger partial charge >= 0.3 is 0 Å². The van der Waals surface area contributed by atoms with Gasteiger partial charge in [-0.2, -0.15) is 0 Å². The Kier molecular flexibility index (Phi) is 5.57. The Morgan fingerprint density at radius 2 is 2.07 bits per heavy atom. The highest BCUT2D eigenvalue weighted by Crippen LogP contribution is 2.34. The largest absolute Gasteiger partial charge is 0.494 e. The third-order valence-electron chi connectivity index (χ3n) is 3.97. The number of anilines is 1. The van der Waals surface area contributed by atoms with Crippen LogP contribution in [0.25, 0.3) is 10.2 Å². The van der Waals surface area contributed by atoms with Gasteiger partial charge in [0.2, 0.25) is 0 Å². The lowest BCUT2D eigenvalue weighted by Gasteiger charge is -2.18. The van der Waals surface area contributed by atoms with E-state index >= 15 is 0 Å². The summed E-state index contributed by atoms with van der Waals surface area (Å²) in [6.45, 7) is 2.87. The molecule has 0 fully saturated rings. The monoisotopic (exact) mass is 429 g/mol. The second kappa shape index (κ2) is 8.26. The molecule has 0 aliphatic carbocycles. The number of benzene rings is 1. The van der Waals surface area contributed by atoms with Crippen molar-refractivity contribution in [3.8, 4) is 5.75 Å². The maximum Gasteiger partial charge on any atom is 0.270 e. The van der Waals surface area contributed by atoms with Crippen LogP contribution in [-0.2, 0) is 6.54 Å². The summed E-state index contributed by atoms with van der Waals surface area (Å²) in [5.74, 6) is 0.643. The number of hydrogen-bond acceptors (Lipinski definition) is 6. The van der Waals surface area contributed by atoms with Crippen LogP contribution in [0.1, 0.15) is 22.3 Å². The lowest BCUT2D eigenvalue weighted by atomic mass is 10.3. The number of rotatable bonds is 6. The fourth-order valence-corrected chi connectivity index (χ4v) is 4.69. The maximum atomic E-state index is 13.2. The zero-order chi connectivity index (χ0) is 19.5. The Hall–Kier alpha value is -2.48. The summed E-state index contributed by atoms with van der Waals surface area (Å²) in [6, 6.07) is 14.9. The van der Waals surface area contributed by atoms with Gasteiger partial charge in [0.05, 0.1) is 38.3 Å². The molecule has 1 aromatic carbocycles. The van der Waals surface area contributed by atoms with Crippen LogP contribution in [0.3, 0.4) is 0 Å². The summed E-state index contributed by atoms with van der Waals surface area (Å²) in [4.78, 5) is 24.4. The molecule has 28 heavy (non-hydrogen) atoms. The number of halogens is 1. The van der Waals surface area contributed by atoms with Crippen LogP contribution in [0.2, 0.25) is 4.34 Å². The lowest BCUT2D eigenvalue weighted by Crippen LogP contribution is -2.30. The Morgan fingerprint density at radius 3 is 2.79 bits per heavy atom. The quantitative estimate of drug-likeness (QED) is 0.397. The highest BCUT2D eigenvalue weighted by molar-refractivity contribution is 7.22. The van der Waals surface area contributed by atoms with Crippen molar-refractivity contribution in [1.29, 1.82) is 0 Å². The average molecular weight is 430 g/mol. The van der Waals surface area contributed by atoms with E-state index in [2.05, 4.69) is 9.97 Å². The summed E-state index contributed by atoms with van der Waals surface area (Å²) < 4.78 is 7.11. The van der Waals surface area contributed by atoms with Crippen LogP contribution < -0.4 is 9.64 Å². The second-order valence-corrected chi connectivity index (χ2v) is 8.60. The van der Waals surface area contributed by atoms with Crippen LogP contribution in [0.15, 0.2) is 54.7 Å². The minimum absolute atomic E-state index is 0.147. The van der Waals surface area contributed by atoms with Crippen molar-refractivity contribution < 1.29 is 9.53 Å². The number of nitrogens with zero attached hydrogens (tertiary/aromatic N) is 3. The molecule has 0 bridgehead atoms. The molecule has 0 spiro atoms. The minimum atomic E-state index is -0.147. The van der Waals surface area contributed by atoms with E-state index in [1.54, 1.807) is 23.2 Å². The predicted octanol–water partition coefficient (Wildman–Crippen LogP) is 5.65. The Bertz CT molecular complexity index is 1110. The van der Waals surface area contributed by atoms with Gasteiger partial charge in [-0.05, 0) is 49.4 Å². The number of pyridine rings is 1. The van der Waals surface area contributed by atoms with Gasteiger partial charge in [-0.3, -0.25) is 14.7 Å². The molecule has 0 radical (unpaired) electrons. The first-order valence-electron chi connectivity index (χ1n) is 8.64. The minimum Gasteiger partial charge on any atom is -0.494 e. The standard InChI is InChI=1S/C20H16ClN3O2S2/c1-2-26-14-6-7-15-17(11-14)28-20(23-15)24(12-13-5-3-4-10-22-13)19(25)16-8-9-18(21)27-16/h3-11H,2,12H2,1H3. The number of ether oxygens (including phenoxy) is 1. The van der Waals surface area contributed by atoms with E-state index in [4.69, 9.17) is 16.3 Å². The van der Waals surface area contributed by atoms with E-state index in [9.17, 15) is 4.79 Å². The fourth-order valence-electron chi connectivity index (χ4n) is 2.71. The Balaban J connectivity index is 1.73. The molecule has 3 aromatic heterocycles. The summed E-state index contributed by atoms with van der Waals surface area (Å²) in [7, 11) is 0. The number of hydrogen-bond donors (Lipinski definition) is 0. The van der Waals surface area contributed by atoms with Gasteiger partial charge in [0.25, 0.3) is 5.91 Å². The highest BCUT2D eigenvalue weighted by Gasteiger charge is 2.23. The molecular weight excluding hydrogens is 414 g/mol. The first-order chi connectivity index (χ1) is 13.6. The summed E-state index contributed by atoms with van der Waals surface area (Å²) in [5.41, 5.74) is 1.61. The molecule has 0 aliphatic rings. The second-order valence-electron chi connectivity index (χ2n) is 5.88. The predicted molar refractivity (Wildman–Crippen MR) is 115 cm³/mol. The molecule has 3 heterocycles. The van der Waals surface area contributed by atoms with E-state index < -0.39 is 0 Å². The number of carbonyl (C=O) groups excluding carboxylic acids is 1. The normalized spacial score (nSPS) is 10.9. The molecule has 4 aromatic rings. The SMILES string of the molecule is CCOc1ccc2nc(N(Cc3ccccn3)C(=O)c3ccc(Cl)s3)sc2c1. The Labute approximate surface area is 175 Å². The van der Waals surface area contributed by atoms with Crippen molar-refractivity contribution in [1.82, 2.24) is 9.97 Å². The first kappa shape index (κ1) is 18.9. The van der Waals surface area contributed by atoms with Crippen LogP contribution in [-0.4, -0.2) is 22.5 Å². The summed E-state index contributed by atoms with van der Waals surface area (Å²) >= 11 is 8.74. The van der Waals surface area contributed by atoms with Crippen molar-refractivity contribution in [3.63, 3.8) is 0 Å². The smallest absolute Gasteiger partial charge is 0.270 e. The first-order valence-corrected chi connectivity index (χ1v) is 10.7. The van der Waals surface area contributed by atoms with E-state index in [0.717, 1.165) is 21.7 Å². The van der Waals surface area contributed by atoms with Crippen LogP contribution in [0.4, 0.5) is 5.13 Å². The van der Waals surface area contributed by atoms with Crippen molar-refractivity contribution in [3.05, 3.63) is 69.6 Å². The molecule has 4 rings (SSSR count). The molecule has 5 nitrogen and oxygen atoms in total. The number of carbonyl (C=O) groups is 1. The van der Waals surface area contributed by atoms with E-state index in [1.807, 2.05) is 43.3 Å². The third kappa shape index (κ3) is 4.01. The molecule has 0 N–H and O–H groups in total. The van der Waals surface area contributed by atoms with Gasteiger partial charge in [0, 0.05) is 6.20 Å². The van der Waals surface area contributed by atoms with Gasteiger partial charge in [-0.1, -0.05) is 29.0 Å². The molecular formula is C20H16ClN3O2S2. The number of thiazole rings is 1. The maximum absolute atomic E-state index is 13.2. The van der Waals surface area contributed by atoms with Crippen LogP contribution in [0, 0.1) is 0 Å². The zero-order valence-electron chi connectivity index (χ0n) is 15.0. The van der Waals surface area contributed by atoms with Crippen molar-refractivity contribution in [2.75, 3.05) is 11.5 Å². The molecule has 1 amide bonds. The third-order valence-corrected chi connectivity index (χ3v) is 6.23. The van der Waals surface area contributed by atoms with Gasteiger partial charge in [0.1, 0.15) is 5.75 Å². The Morgan fingerprint density at radius 1 is 1.18 bits per heavy atom. The number of thiophene rings is 1. The number of fused-ring (bicyclic) bond motifs is 1. The van der Waals surface area contributed by atoms with E-state index in [0.29, 0.717) is 27.5 Å². The molecule has 8 heteroatoms. The van der Waals surface area contributed by atoms with Gasteiger partial charge in [-0.25, -0.2) is 4.98 Å². The number of aromatic nitrogens is 2. The van der Waals surface area contributed by atoms with Gasteiger partial charge in [0.15, 0.2) is 5.13 Å². The molecule has 0 atom stereocenters. The van der Waals surface area contributed by atoms with E-state index in [1.165, 1.54) is 22.7 Å². The fraction of sp³-hybridized carbons (Fsp3) is 0.150. The average Bonchev–Trinajstić information content (AvgIpc) is 3.32. The topological polar surface area (TPSA) is 55.3 Å². The van der Waals surface area contributed by atoms with Gasteiger partial charge in [-0.15, -0.1) is 11.3 Å².